The van der Waals surface area contributed by atoms with Crippen molar-refractivity contribution in [3.05, 3.63) is 72.8 Å². The van der Waals surface area contributed by atoms with Crippen LogP contribution in [0.4, 0.5) is 9.59 Å². The van der Waals surface area contributed by atoms with E-state index in [0.717, 1.165) is 53.7 Å². The molecule has 4 N–H and O–H groups in total. The van der Waals surface area contributed by atoms with Gasteiger partial charge in [-0.3, -0.25) is 14.6 Å². The Morgan fingerprint density at radius 2 is 1.12 bits per heavy atom. The zero-order chi connectivity index (χ0) is 48.7. The number of alkyl carbamates (subject to hydrolysis) is 2. The number of imidazole rings is 2. The van der Waals surface area contributed by atoms with Gasteiger partial charge in [0.25, 0.3) is 0 Å². The molecule has 18 heteroatoms. The van der Waals surface area contributed by atoms with Gasteiger partial charge in [0.2, 0.25) is 11.8 Å². The number of aromatic nitrogens is 6. The largest absolute Gasteiger partial charge is 0.453 e. The van der Waals surface area contributed by atoms with Crippen LogP contribution in [0.25, 0.3) is 39.4 Å². The van der Waals surface area contributed by atoms with Gasteiger partial charge in [-0.1, -0.05) is 24.3 Å². The second-order valence-electron chi connectivity index (χ2n) is 19.8. The fourth-order valence-corrected chi connectivity index (χ4v) is 11.7. The number of H-pyrrole nitrogens is 2. The molecule has 0 saturated carbocycles. The third-order valence-electron chi connectivity index (χ3n) is 14.8. The van der Waals surface area contributed by atoms with E-state index in [0.29, 0.717) is 48.7 Å². The number of hydrogen-bond acceptors (Lipinski definition) is 11. The van der Waals surface area contributed by atoms with Gasteiger partial charge in [0.15, 0.2) is 0 Å². The lowest BCUT2D eigenvalue weighted by Gasteiger charge is -2.39. The van der Waals surface area contributed by atoms with Gasteiger partial charge in [0.1, 0.15) is 35.1 Å². The first-order chi connectivity index (χ1) is 33.2. The molecule has 4 amide bonds. The van der Waals surface area contributed by atoms with Crippen LogP contribution in [0.5, 0.6) is 0 Å². The predicted molar refractivity (Wildman–Crippen MR) is 256 cm³/mol. The number of nitrogens with one attached hydrogen (secondary N) is 4. The number of amides is 4. The van der Waals surface area contributed by atoms with E-state index in [2.05, 4.69) is 37.1 Å². The van der Waals surface area contributed by atoms with Crippen LogP contribution in [0.3, 0.4) is 0 Å². The number of nitrogens with zero attached hydrogens (tertiary/aromatic N) is 6. The minimum Gasteiger partial charge on any atom is -0.453 e. The summed E-state index contributed by atoms with van der Waals surface area (Å²) in [7, 11) is 2.62. The fraction of sp³-hybridized carbons (Fsp3) is 0.549. The van der Waals surface area contributed by atoms with Gasteiger partial charge < -0.3 is 53.7 Å². The van der Waals surface area contributed by atoms with E-state index in [4.69, 9.17) is 33.9 Å². The van der Waals surface area contributed by atoms with E-state index >= 15 is 0 Å². The Labute approximate surface area is 402 Å². The molecule has 0 unspecified atom stereocenters. The average molecular weight is 947 g/mol. The van der Waals surface area contributed by atoms with E-state index in [1.807, 2.05) is 100 Å². The van der Waals surface area contributed by atoms with E-state index < -0.39 is 24.3 Å². The van der Waals surface area contributed by atoms with Crippen LogP contribution >= 0.6 is 0 Å². The molecular formula is C51H66N10O8. The Morgan fingerprint density at radius 3 is 1.61 bits per heavy atom. The zero-order valence-corrected chi connectivity index (χ0v) is 40.8. The van der Waals surface area contributed by atoms with Crippen LogP contribution in [-0.2, 0) is 28.5 Å². The van der Waals surface area contributed by atoms with E-state index in [1.165, 1.54) is 14.2 Å². The number of hydrogen-bond donors (Lipinski definition) is 4. The maximum atomic E-state index is 14.5. The van der Waals surface area contributed by atoms with E-state index in [-0.39, 0.29) is 72.2 Å². The molecule has 0 radical (unpaired) electrons. The average Bonchev–Trinajstić information content (AvgIpc) is 4.20. The smallest absolute Gasteiger partial charge is 0.407 e. The first-order valence-corrected chi connectivity index (χ1v) is 24.5. The second kappa shape index (κ2) is 20.0. The highest BCUT2D eigenvalue weighted by molar-refractivity contribution is 5.88. The van der Waals surface area contributed by atoms with Crippen molar-refractivity contribution in [3.63, 3.8) is 0 Å². The van der Waals surface area contributed by atoms with Gasteiger partial charge in [0, 0.05) is 41.8 Å². The molecule has 4 saturated heterocycles. The Morgan fingerprint density at radius 1 is 0.652 bits per heavy atom. The summed E-state index contributed by atoms with van der Waals surface area (Å²) in [5.74, 6) is 0.879. The third kappa shape index (κ3) is 9.69. The molecule has 1 aromatic carbocycles. The van der Waals surface area contributed by atoms with Gasteiger partial charge in [-0.2, -0.15) is 0 Å². The summed E-state index contributed by atoms with van der Waals surface area (Å²) in [6.07, 6.45) is 11.8. The maximum Gasteiger partial charge on any atom is 0.407 e. The molecule has 4 aliphatic heterocycles. The number of ether oxygens (including phenoxy) is 4. The Bertz CT molecular complexity index is 2620. The van der Waals surface area contributed by atoms with Crippen LogP contribution < -0.4 is 10.6 Å². The summed E-state index contributed by atoms with van der Waals surface area (Å²) in [5, 5.41) is 5.76. The second-order valence-corrected chi connectivity index (χ2v) is 19.8. The Kier molecular flexibility index (Phi) is 13.8. The monoisotopic (exact) mass is 947 g/mol. The van der Waals surface area contributed by atoms with Crippen LogP contribution in [0.1, 0.15) is 117 Å². The maximum absolute atomic E-state index is 14.5. The van der Waals surface area contributed by atoms with Crippen LogP contribution in [-0.4, -0.2) is 126 Å². The SMILES string of the molecule is COC(=O)N[C@H](C(=O)N1[C@@H](C)CC[C@H]1c1nc(-c2ccc(-c3cnc(-c4c[nH]c([C@@H]5CC[C@H](C)N5C(=O)[C@@H](NC(=O)OC)[C@H]5C[C@@H](C)O[C@@H](C)C5)n4)c4cccn34)cc2)c[nH]1)[C@H]1C[C@@H](C)O[C@@H](C)C1. The number of rotatable bonds is 11. The highest BCUT2D eigenvalue weighted by Crippen LogP contribution is 2.41. The molecular weight excluding hydrogens is 881 g/mol. The van der Waals surface area contributed by atoms with Gasteiger partial charge in [-0.05, 0) is 117 Å². The third-order valence-corrected chi connectivity index (χ3v) is 14.8. The van der Waals surface area contributed by atoms with Gasteiger partial charge in [-0.15, -0.1) is 0 Å². The molecule has 9 rings (SSSR count). The predicted octanol–water partition coefficient (Wildman–Crippen LogP) is 7.74. The highest BCUT2D eigenvalue weighted by atomic mass is 16.5. The van der Waals surface area contributed by atoms with Crippen molar-refractivity contribution >= 4 is 29.5 Å². The van der Waals surface area contributed by atoms with E-state index in [9.17, 15) is 19.2 Å². The fourth-order valence-electron chi connectivity index (χ4n) is 11.7. The number of carbonyl (C=O) groups excluding carboxylic acids is 4. The molecule has 69 heavy (non-hydrogen) atoms. The molecule has 5 aromatic rings. The summed E-state index contributed by atoms with van der Waals surface area (Å²) in [4.78, 5) is 79.8. The van der Waals surface area contributed by atoms with Crippen LogP contribution in [0.15, 0.2) is 61.2 Å². The molecule has 0 bridgehead atoms. The minimum absolute atomic E-state index is 0.0330. The number of carbonyl (C=O) groups is 4. The van der Waals surface area contributed by atoms with Crippen LogP contribution in [0.2, 0.25) is 0 Å². The molecule has 4 aliphatic rings. The highest BCUT2D eigenvalue weighted by Gasteiger charge is 2.46. The topological polar surface area (TPSA) is 210 Å². The van der Waals surface area contributed by atoms with Crippen molar-refractivity contribution < 1.29 is 38.1 Å². The summed E-state index contributed by atoms with van der Waals surface area (Å²) < 4.78 is 24.0. The molecule has 8 heterocycles. The van der Waals surface area contributed by atoms with Gasteiger partial charge in [0.05, 0.1) is 73.8 Å². The number of methoxy groups -OCH3 is 2. The number of benzene rings is 1. The van der Waals surface area contributed by atoms with Gasteiger partial charge >= 0.3 is 12.2 Å². The molecule has 18 nitrogen and oxygen atoms in total. The lowest BCUT2D eigenvalue weighted by molar-refractivity contribution is -0.141. The standard InChI is InChI=1S/C51H66N10O8/c1-27-11-17-40(60(27)48(62)43(57-50(64)66-7)35-20-29(3)68-30(4)21-35)46-53-24-37(55-46)33-13-15-34(16-14-33)42-26-52-45(39-10-9-19-59(39)42)38-25-54-47(56-38)41-18-12-28(2)61(41)49(63)44(58-51(65)67-8)36-22-31(5)69-32(6)23-36/h9-10,13-16,19,24-32,35-36,40-41,43-44H,11-12,17-18,20-23H2,1-8H3,(H,53,55)(H,54,56)(H,57,64)(H,58,65)/t27-,28-,29-,30+,31-,32+,35+,36+,40-,41-,43-,44-/m0/s1. The molecule has 4 fully saturated rings. The first kappa shape index (κ1) is 47.8. The summed E-state index contributed by atoms with van der Waals surface area (Å²) in [5.41, 5.74) is 5.75. The summed E-state index contributed by atoms with van der Waals surface area (Å²) >= 11 is 0. The van der Waals surface area contributed by atoms with E-state index in [1.54, 1.807) is 0 Å². The van der Waals surface area contributed by atoms with Crippen molar-refractivity contribution in [3.8, 4) is 33.9 Å². The normalized spacial score (nSPS) is 28.1. The Hall–Kier alpha value is -6.27. The molecule has 0 spiro atoms. The molecule has 0 aliphatic carbocycles. The first-order valence-electron chi connectivity index (χ1n) is 24.5. The molecule has 368 valence electrons. The summed E-state index contributed by atoms with van der Waals surface area (Å²) in [6.45, 7) is 12.1. The lowest BCUT2D eigenvalue weighted by Crippen LogP contribution is -2.55. The molecule has 12 atom stereocenters. The quantitative estimate of drug-likeness (QED) is 0.101. The van der Waals surface area contributed by atoms with Crippen molar-refractivity contribution in [2.75, 3.05) is 14.2 Å². The number of likely N-dealkylation sites (tertiary alicyclic amines) is 2. The van der Waals surface area contributed by atoms with Crippen LogP contribution in [0, 0.1) is 11.8 Å². The van der Waals surface area contributed by atoms with Crippen molar-refractivity contribution in [2.24, 2.45) is 11.8 Å². The van der Waals surface area contributed by atoms with Crippen molar-refractivity contribution in [1.82, 2.24) is 49.8 Å². The lowest BCUT2D eigenvalue weighted by atomic mass is 9.85. The minimum atomic E-state index is -0.763. The molecule has 4 aromatic heterocycles. The van der Waals surface area contributed by atoms with Gasteiger partial charge in [-0.25, -0.2) is 19.6 Å². The van der Waals surface area contributed by atoms with Crippen molar-refractivity contribution in [1.29, 1.82) is 0 Å². The number of aromatic amines is 2. The van der Waals surface area contributed by atoms with Crippen molar-refractivity contribution in [2.45, 2.75) is 154 Å². The zero-order valence-electron chi connectivity index (χ0n) is 40.8. The Balaban J connectivity index is 0.917. The number of fused-ring (bicyclic) bond motifs is 1. The summed E-state index contributed by atoms with van der Waals surface area (Å²) in [6, 6.07) is 9.96.